The summed E-state index contributed by atoms with van der Waals surface area (Å²) in [6, 6.07) is 5.80. The summed E-state index contributed by atoms with van der Waals surface area (Å²) in [6.07, 6.45) is 3.27. The highest BCUT2D eigenvalue weighted by molar-refractivity contribution is 7.15. The van der Waals surface area contributed by atoms with E-state index in [1.807, 2.05) is 23.1 Å². The summed E-state index contributed by atoms with van der Waals surface area (Å²) in [5.41, 5.74) is 6.96. The van der Waals surface area contributed by atoms with Crippen LogP contribution in [0.15, 0.2) is 24.4 Å². The highest BCUT2D eigenvalue weighted by Gasteiger charge is 2.44. The van der Waals surface area contributed by atoms with Crippen molar-refractivity contribution in [1.29, 1.82) is 0 Å². The van der Waals surface area contributed by atoms with Gasteiger partial charge in [-0.1, -0.05) is 6.07 Å². The number of nitrogens with two attached hydrogens (primary N) is 1. The van der Waals surface area contributed by atoms with Gasteiger partial charge in [-0.05, 0) is 12.5 Å². The number of aromatic nitrogens is 2. The fourth-order valence-corrected chi connectivity index (χ4v) is 4.61. The first kappa shape index (κ1) is 14.4. The maximum atomic E-state index is 12.0. The van der Waals surface area contributed by atoms with Gasteiger partial charge in [0.15, 0.2) is 5.13 Å². The highest BCUT2D eigenvalue weighted by atomic mass is 32.1. The number of carbonyl (C=O) groups is 1. The van der Waals surface area contributed by atoms with Crippen LogP contribution in [0.4, 0.5) is 5.13 Å². The summed E-state index contributed by atoms with van der Waals surface area (Å²) in [5, 5.41) is 0.591. The fraction of sp³-hybridized carbons (Fsp3) is 0.438. The van der Waals surface area contributed by atoms with Gasteiger partial charge in [0.05, 0.1) is 12.2 Å². The number of pyridine rings is 1. The molecule has 2 bridgehead atoms. The van der Waals surface area contributed by atoms with Gasteiger partial charge in [0.2, 0.25) is 11.8 Å². The molecule has 1 saturated heterocycles. The van der Waals surface area contributed by atoms with Crippen LogP contribution in [0.1, 0.15) is 29.8 Å². The van der Waals surface area contributed by atoms with Crippen LogP contribution in [-0.2, 0) is 11.2 Å². The molecule has 2 aromatic heterocycles. The molecule has 3 heterocycles. The molecule has 23 heavy (non-hydrogen) atoms. The van der Waals surface area contributed by atoms with E-state index >= 15 is 0 Å². The molecule has 6 nitrogen and oxygen atoms in total. The predicted molar refractivity (Wildman–Crippen MR) is 87.4 cm³/mol. The van der Waals surface area contributed by atoms with Gasteiger partial charge >= 0.3 is 0 Å². The fourth-order valence-electron chi connectivity index (χ4n) is 3.63. The lowest BCUT2D eigenvalue weighted by Crippen LogP contribution is -2.55. The van der Waals surface area contributed by atoms with Crippen LogP contribution >= 0.6 is 11.3 Å². The van der Waals surface area contributed by atoms with Crippen LogP contribution in [0, 0.1) is 0 Å². The molecular weight excluding hydrogens is 312 g/mol. The van der Waals surface area contributed by atoms with Gasteiger partial charge in [0, 0.05) is 42.4 Å². The topological polar surface area (TPSA) is 81.3 Å². The van der Waals surface area contributed by atoms with E-state index in [-0.39, 0.29) is 24.0 Å². The van der Waals surface area contributed by atoms with Gasteiger partial charge < -0.3 is 15.4 Å². The molecule has 1 aliphatic carbocycles. The van der Waals surface area contributed by atoms with E-state index in [0.717, 1.165) is 18.5 Å². The van der Waals surface area contributed by atoms with Crippen LogP contribution < -0.4 is 10.5 Å². The van der Waals surface area contributed by atoms with Crippen LogP contribution in [-0.4, -0.2) is 39.5 Å². The van der Waals surface area contributed by atoms with Crippen LogP contribution in [0.5, 0.6) is 5.88 Å². The molecule has 4 rings (SSSR count). The molecular formula is C16H18N4O2S. The molecule has 2 N–H and O–H groups in total. The van der Waals surface area contributed by atoms with E-state index < -0.39 is 0 Å². The zero-order chi connectivity index (χ0) is 16.0. The first-order valence-corrected chi connectivity index (χ1v) is 8.53. The summed E-state index contributed by atoms with van der Waals surface area (Å²) in [4.78, 5) is 23.9. The van der Waals surface area contributed by atoms with Crippen molar-refractivity contribution in [3.05, 3.63) is 35.0 Å². The number of fused-ring (bicyclic) bond motifs is 4. The molecule has 120 valence electrons. The molecule has 0 unspecified atom stereocenters. The van der Waals surface area contributed by atoms with E-state index in [4.69, 9.17) is 10.5 Å². The Balaban J connectivity index is 1.69. The Morgan fingerprint density at radius 2 is 2.35 bits per heavy atom. The van der Waals surface area contributed by atoms with Gasteiger partial charge in [0.1, 0.15) is 6.10 Å². The zero-order valence-corrected chi connectivity index (χ0v) is 13.6. The van der Waals surface area contributed by atoms with Gasteiger partial charge in [-0.25, -0.2) is 9.97 Å². The number of rotatable bonds is 2. The first-order chi connectivity index (χ1) is 11.1. The Morgan fingerprint density at radius 3 is 3.09 bits per heavy atom. The second-order valence-corrected chi connectivity index (χ2v) is 7.17. The number of nitrogens with zero attached hydrogens (tertiary/aromatic N) is 3. The van der Waals surface area contributed by atoms with Crippen LogP contribution in [0.2, 0.25) is 0 Å². The first-order valence-electron chi connectivity index (χ1n) is 7.72. The van der Waals surface area contributed by atoms with E-state index in [0.29, 0.717) is 17.6 Å². The van der Waals surface area contributed by atoms with Crippen molar-refractivity contribution in [3.63, 3.8) is 0 Å². The largest absolute Gasteiger partial charge is 0.472 e. The maximum absolute atomic E-state index is 12.0. The van der Waals surface area contributed by atoms with Gasteiger partial charge in [0.25, 0.3) is 0 Å². The van der Waals surface area contributed by atoms with Gasteiger partial charge in [-0.2, -0.15) is 0 Å². The number of ether oxygens (including phenoxy) is 1. The van der Waals surface area contributed by atoms with Crippen molar-refractivity contribution in [2.24, 2.45) is 0 Å². The summed E-state index contributed by atoms with van der Waals surface area (Å²) in [6.45, 7) is 2.19. The molecule has 0 aromatic carbocycles. The minimum Gasteiger partial charge on any atom is -0.472 e. The normalized spacial score (nSPS) is 25.8. The van der Waals surface area contributed by atoms with Gasteiger partial charge in [-0.15, -0.1) is 11.3 Å². The molecule has 2 aromatic rings. The van der Waals surface area contributed by atoms with E-state index in [2.05, 4.69) is 9.97 Å². The third-order valence-electron chi connectivity index (χ3n) is 4.62. The summed E-state index contributed by atoms with van der Waals surface area (Å²) in [5.74, 6) is 0.827. The third kappa shape index (κ3) is 2.55. The zero-order valence-electron chi connectivity index (χ0n) is 12.8. The lowest BCUT2D eigenvalue weighted by molar-refractivity contribution is -0.135. The number of piperidine rings is 1. The minimum absolute atomic E-state index is 0.0870. The number of likely N-dealkylation sites (tertiary alicyclic amines) is 1. The number of anilines is 1. The standard InChI is InChI=1S/C16H18N4O2S/c1-9(21)20-8-12(22-14-4-2-3-5-18-14)11-6-10(20)7-13-15(11)19-16(17)23-13/h2-5,10-12H,6-8H2,1H3,(H2,17,19)/t10-,11-,12-/m0/s1. The molecule has 3 atom stereocenters. The Labute approximate surface area is 138 Å². The third-order valence-corrected chi connectivity index (χ3v) is 5.55. The molecule has 7 heteroatoms. The summed E-state index contributed by atoms with van der Waals surface area (Å²) >= 11 is 1.53. The molecule has 0 saturated carbocycles. The second-order valence-electron chi connectivity index (χ2n) is 6.06. The van der Waals surface area contributed by atoms with E-state index in [1.165, 1.54) is 16.2 Å². The minimum atomic E-state index is -0.148. The molecule has 1 amide bonds. The predicted octanol–water partition coefficient (Wildman–Crippen LogP) is 1.83. The Morgan fingerprint density at radius 1 is 1.48 bits per heavy atom. The lowest BCUT2D eigenvalue weighted by atomic mass is 9.79. The second kappa shape index (κ2) is 5.49. The number of hydrogen-bond donors (Lipinski definition) is 1. The number of amides is 1. The quantitative estimate of drug-likeness (QED) is 0.908. The number of hydrogen-bond acceptors (Lipinski definition) is 6. The molecule has 1 fully saturated rings. The molecule has 1 aliphatic heterocycles. The number of carbonyl (C=O) groups excluding carboxylic acids is 1. The lowest BCUT2D eigenvalue weighted by Gasteiger charge is -2.45. The smallest absolute Gasteiger partial charge is 0.219 e. The van der Waals surface area contributed by atoms with E-state index in [9.17, 15) is 4.79 Å². The number of thiazole rings is 1. The van der Waals surface area contributed by atoms with Crippen molar-refractivity contribution in [2.45, 2.75) is 37.8 Å². The van der Waals surface area contributed by atoms with E-state index in [1.54, 1.807) is 13.1 Å². The van der Waals surface area contributed by atoms with Crippen molar-refractivity contribution in [2.75, 3.05) is 12.3 Å². The molecule has 0 radical (unpaired) electrons. The number of nitrogen functional groups attached to an aromatic ring is 1. The average Bonchev–Trinajstić information content (AvgIpc) is 2.90. The summed E-state index contributed by atoms with van der Waals surface area (Å²) in [7, 11) is 0. The monoisotopic (exact) mass is 330 g/mol. The van der Waals surface area contributed by atoms with Crippen LogP contribution in [0.25, 0.3) is 0 Å². The molecule has 2 aliphatic rings. The van der Waals surface area contributed by atoms with Gasteiger partial charge in [-0.3, -0.25) is 4.79 Å². The van der Waals surface area contributed by atoms with Crippen molar-refractivity contribution >= 4 is 22.4 Å². The Kier molecular flexibility index (Phi) is 3.45. The van der Waals surface area contributed by atoms with Crippen molar-refractivity contribution < 1.29 is 9.53 Å². The average molecular weight is 330 g/mol. The van der Waals surface area contributed by atoms with Crippen LogP contribution in [0.3, 0.4) is 0 Å². The van der Waals surface area contributed by atoms with Crippen molar-refractivity contribution in [1.82, 2.24) is 14.9 Å². The highest BCUT2D eigenvalue weighted by Crippen LogP contribution is 2.43. The maximum Gasteiger partial charge on any atom is 0.219 e. The van der Waals surface area contributed by atoms with Crippen molar-refractivity contribution in [3.8, 4) is 5.88 Å². The SMILES string of the molecule is CC(=O)N1C[C@H](Oc2ccccn2)[C@@H]2C[C@H]1Cc1sc(N)nc12. The Bertz CT molecular complexity index is 733. The Hall–Kier alpha value is -2.15. The molecule has 0 spiro atoms. The summed E-state index contributed by atoms with van der Waals surface area (Å²) < 4.78 is 6.11.